The number of anilines is 1. The zero-order valence-electron chi connectivity index (χ0n) is 16.6. The van der Waals surface area contributed by atoms with Gasteiger partial charge in [-0.05, 0) is 43.5 Å². The molecule has 3 rings (SSSR count). The molecular weight excluding hydrogens is 372 g/mol. The van der Waals surface area contributed by atoms with Crippen molar-refractivity contribution in [2.45, 2.75) is 39.0 Å². The van der Waals surface area contributed by atoms with Gasteiger partial charge in [-0.1, -0.05) is 25.5 Å². The highest BCUT2D eigenvalue weighted by molar-refractivity contribution is 6.05. The number of ether oxygens (including phenoxy) is 1. The van der Waals surface area contributed by atoms with Crippen molar-refractivity contribution < 1.29 is 23.9 Å². The number of carbonyl (C=O) groups excluding carboxylic acids is 4. The topological polar surface area (TPSA) is 92.8 Å². The molecule has 1 aromatic rings. The maximum absolute atomic E-state index is 12.4. The van der Waals surface area contributed by atoms with E-state index in [4.69, 9.17) is 4.74 Å². The van der Waals surface area contributed by atoms with Gasteiger partial charge < -0.3 is 10.1 Å². The Hall–Kier alpha value is -2.96. The van der Waals surface area contributed by atoms with E-state index < -0.39 is 5.97 Å². The van der Waals surface area contributed by atoms with Crippen molar-refractivity contribution in [3.8, 4) is 0 Å². The van der Waals surface area contributed by atoms with Crippen LogP contribution < -0.4 is 5.32 Å². The Bertz CT molecular complexity index is 789. The van der Waals surface area contributed by atoms with Gasteiger partial charge in [-0.2, -0.15) is 0 Å². The third-order valence-electron chi connectivity index (χ3n) is 5.30. The summed E-state index contributed by atoms with van der Waals surface area (Å²) < 4.78 is 5.15. The summed E-state index contributed by atoms with van der Waals surface area (Å²) in [4.78, 5) is 50.2. The second-order valence-electron chi connectivity index (χ2n) is 7.35. The highest BCUT2D eigenvalue weighted by atomic mass is 16.5. The lowest BCUT2D eigenvalue weighted by atomic mass is 9.85. The molecule has 0 aromatic heterocycles. The van der Waals surface area contributed by atoms with Gasteiger partial charge in [0.2, 0.25) is 17.7 Å². The number of fused-ring (bicyclic) bond motifs is 1. The van der Waals surface area contributed by atoms with Crippen LogP contribution in [0.2, 0.25) is 0 Å². The normalized spacial score (nSPS) is 20.5. The number of hydrogen-bond acceptors (Lipinski definition) is 5. The van der Waals surface area contributed by atoms with E-state index in [1.165, 1.54) is 4.90 Å². The van der Waals surface area contributed by atoms with Crippen LogP contribution in [0.4, 0.5) is 5.69 Å². The minimum Gasteiger partial charge on any atom is -0.462 e. The van der Waals surface area contributed by atoms with E-state index in [0.29, 0.717) is 30.7 Å². The molecule has 1 N–H and O–H groups in total. The van der Waals surface area contributed by atoms with Gasteiger partial charge in [-0.3, -0.25) is 19.3 Å². The van der Waals surface area contributed by atoms with Crippen LogP contribution in [0.15, 0.2) is 36.4 Å². The van der Waals surface area contributed by atoms with Crippen molar-refractivity contribution in [3.05, 3.63) is 42.0 Å². The summed E-state index contributed by atoms with van der Waals surface area (Å²) in [5, 5.41) is 2.72. The number of carbonyl (C=O) groups is 4. The number of esters is 1. The first-order valence-electron chi connectivity index (χ1n) is 10.1. The molecule has 0 bridgehead atoms. The average molecular weight is 398 g/mol. The Balaban J connectivity index is 1.48. The van der Waals surface area contributed by atoms with Crippen molar-refractivity contribution in [3.63, 3.8) is 0 Å². The molecular formula is C22H26N2O5. The molecule has 0 unspecified atom stereocenters. The van der Waals surface area contributed by atoms with Crippen LogP contribution in [0.1, 0.15) is 49.4 Å². The third kappa shape index (κ3) is 4.91. The quantitative estimate of drug-likeness (QED) is 0.315. The van der Waals surface area contributed by atoms with Gasteiger partial charge >= 0.3 is 5.97 Å². The number of allylic oxidation sites excluding steroid dienone is 2. The van der Waals surface area contributed by atoms with E-state index in [-0.39, 0.29) is 42.5 Å². The number of nitrogens with zero attached hydrogens (tertiary/aromatic N) is 1. The van der Waals surface area contributed by atoms with E-state index in [1.54, 1.807) is 24.3 Å². The monoisotopic (exact) mass is 398 g/mol. The van der Waals surface area contributed by atoms with Crippen LogP contribution in [0.3, 0.4) is 0 Å². The Morgan fingerprint density at radius 1 is 1.07 bits per heavy atom. The SMILES string of the molecule is CCCCOC(=O)c1ccc(NC(=O)CCN2C(=O)[C@H]3CC=CC[C@H]3C2=O)cc1. The van der Waals surface area contributed by atoms with E-state index in [9.17, 15) is 19.2 Å². The zero-order valence-corrected chi connectivity index (χ0v) is 16.6. The minimum atomic E-state index is -0.390. The first-order chi connectivity index (χ1) is 14.0. The molecule has 0 radical (unpaired) electrons. The predicted octanol–water partition coefficient (Wildman–Crippen LogP) is 2.92. The van der Waals surface area contributed by atoms with E-state index in [2.05, 4.69) is 5.32 Å². The van der Waals surface area contributed by atoms with Gasteiger partial charge in [0.15, 0.2) is 0 Å². The van der Waals surface area contributed by atoms with Crippen molar-refractivity contribution in [2.24, 2.45) is 11.8 Å². The molecule has 1 aliphatic heterocycles. The molecule has 7 heteroatoms. The fraction of sp³-hybridized carbons (Fsp3) is 0.455. The Labute approximate surface area is 170 Å². The Kier molecular flexibility index (Phi) is 6.80. The summed E-state index contributed by atoms with van der Waals surface area (Å²) in [5.41, 5.74) is 0.959. The number of amides is 3. The molecule has 0 spiro atoms. The molecule has 1 aromatic carbocycles. The highest BCUT2D eigenvalue weighted by Gasteiger charge is 2.46. The van der Waals surface area contributed by atoms with Crippen molar-refractivity contribution in [2.75, 3.05) is 18.5 Å². The molecule has 7 nitrogen and oxygen atoms in total. The lowest BCUT2D eigenvalue weighted by molar-refractivity contribution is -0.140. The van der Waals surface area contributed by atoms with Crippen LogP contribution in [-0.2, 0) is 19.1 Å². The summed E-state index contributed by atoms with van der Waals surface area (Å²) in [6.07, 6.45) is 6.85. The van der Waals surface area contributed by atoms with Gasteiger partial charge in [-0.25, -0.2) is 4.79 Å². The third-order valence-corrected chi connectivity index (χ3v) is 5.30. The molecule has 2 atom stereocenters. The molecule has 1 fully saturated rings. The Morgan fingerprint density at radius 2 is 1.69 bits per heavy atom. The number of nitrogens with one attached hydrogen (secondary N) is 1. The minimum absolute atomic E-state index is 0.0329. The predicted molar refractivity (Wildman–Crippen MR) is 107 cm³/mol. The number of benzene rings is 1. The average Bonchev–Trinajstić information content (AvgIpc) is 2.97. The number of hydrogen-bond donors (Lipinski definition) is 1. The van der Waals surface area contributed by atoms with E-state index in [1.807, 2.05) is 19.1 Å². The second kappa shape index (κ2) is 9.49. The van der Waals surface area contributed by atoms with Crippen LogP contribution in [0.25, 0.3) is 0 Å². The maximum Gasteiger partial charge on any atom is 0.338 e. The fourth-order valence-corrected chi connectivity index (χ4v) is 3.61. The van der Waals surface area contributed by atoms with E-state index >= 15 is 0 Å². The molecule has 29 heavy (non-hydrogen) atoms. The number of imide groups is 1. The highest BCUT2D eigenvalue weighted by Crippen LogP contribution is 2.35. The fourth-order valence-electron chi connectivity index (χ4n) is 3.61. The summed E-state index contributed by atoms with van der Waals surface area (Å²) in [5.74, 6) is -1.60. The first-order valence-corrected chi connectivity index (χ1v) is 10.1. The van der Waals surface area contributed by atoms with E-state index in [0.717, 1.165) is 12.8 Å². The summed E-state index contributed by atoms with van der Waals surface area (Å²) >= 11 is 0. The smallest absolute Gasteiger partial charge is 0.338 e. The molecule has 2 aliphatic rings. The van der Waals surface area contributed by atoms with Crippen molar-refractivity contribution in [1.29, 1.82) is 0 Å². The number of likely N-dealkylation sites (tertiary alicyclic amines) is 1. The van der Waals surface area contributed by atoms with Crippen molar-refractivity contribution >= 4 is 29.4 Å². The number of unbranched alkanes of at least 4 members (excludes halogenated alkanes) is 1. The largest absolute Gasteiger partial charge is 0.462 e. The second-order valence-corrected chi connectivity index (χ2v) is 7.35. The maximum atomic E-state index is 12.4. The summed E-state index contributed by atoms with van der Waals surface area (Å²) in [6.45, 7) is 2.49. The summed E-state index contributed by atoms with van der Waals surface area (Å²) in [6, 6.07) is 6.44. The Morgan fingerprint density at radius 3 is 2.28 bits per heavy atom. The van der Waals surface area contributed by atoms with Gasteiger partial charge in [-0.15, -0.1) is 0 Å². The molecule has 154 valence electrons. The first kappa shape index (κ1) is 20.8. The summed E-state index contributed by atoms with van der Waals surface area (Å²) in [7, 11) is 0. The molecule has 0 saturated carbocycles. The molecule has 1 saturated heterocycles. The van der Waals surface area contributed by atoms with Gasteiger partial charge in [0.25, 0.3) is 0 Å². The van der Waals surface area contributed by atoms with Crippen LogP contribution in [0.5, 0.6) is 0 Å². The zero-order chi connectivity index (χ0) is 20.8. The van der Waals surface area contributed by atoms with Gasteiger partial charge in [0, 0.05) is 18.7 Å². The molecule has 1 heterocycles. The molecule has 1 aliphatic carbocycles. The van der Waals surface area contributed by atoms with Gasteiger partial charge in [0.05, 0.1) is 24.0 Å². The van der Waals surface area contributed by atoms with Crippen molar-refractivity contribution in [1.82, 2.24) is 4.90 Å². The van der Waals surface area contributed by atoms with Gasteiger partial charge in [0.1, 0.15) is 0 Å². The number of rotatable bonds is 8. The van der Waals surface area contributed by atoms with Crippen LogP contribution in [-0.4, -0.2) is 41.7 Å². The van der Waals surface area contributed by atoms with Crippen LogP contribution >= 0.6 is 0 Å². The lowest BCUT2D eigenvalue weighted by Crippen LogP contribution is -2.34. The standard InChI is InChI=1S/C22H26N2O5/c1-2-3-14-29-22(28)15-8-10-16(11-9-15)23-19(25)12-13-24-20(26)17-6-4-5-7-18(17)21(24)27/h4-5,8-11,17-18H,2-3,6-7,12-14H2,1H3,(H,23,25)/t17-,18+. The molecule has 3 amide bonds. The van der Waals surface area contributed by atoms with Crippen LogP contribution in [0, 0.1) is 11.8 Å². The lowest BCUT2D eigenvalue weighted by Gasteiger charge is -2.14.